The van der Waals surface area contributed by atoms with Crippen molar-refractivity contribution < 1.29 is 14.7 Å². The summed E-state index contributed by atoms with van der Waals surface area (Å²) in [6.45, 7) is 1.41. The van der Waals surface area contributed by atoms with E-state index >= 15 is 0 Å². The van der Waals surface area contributed by atoms with Crippen LogP contribution >= 0.6 is 11.6 Å². The average molecular weight is 290 g/mol. The number of carbonyl (C=O) groups is 2. The zero-order chi connectivity index (χ0) is 14.7. The maximum Gasteiger partial charge on any atom is 0.255 e. The lowest BCUT2D eigenvalue weighted by Crippen LogP contribution is -2.12. The fraction of sp³-hybridized carbons (Fsp3) is 0.0667. The monoisotopic (exact) mass is 289 g/mol. The van der Waals surface area contributed by atoms with Gasteiger partial charge in [0.2, 0.25) is 0 Å². The first-order valence-electron chi connectivity index (χ1n) is 5.88. The molecule has 0 bridgehead atoms. The molecular weight excluding hydrogens is 278 g/mol. The maximum absolute atomic E-state index is 12.0. The van der Waals surface area contributed by atoms with E-state index in [9.17, 15) is 14.7 Å². The van der Waals surface area contributed by atoms with Gasteiger partial charge in [-0.3, -0.25) is 9.59 Å². The van der Waals surface area contributed by atoms with Crippen LogP contribution in [0.15, 0.2) is 42.5 Å². The van der Waals surface area contributed by atoms with Crippen molar-refractivity contribution in [3.05, 3.63) is 58.6 Å². The van der Waals surface area contributed by atoms with Gasteiger partial charge in [-0.2, -0.15) is 0 Å². The average Bonchev–Trinajstić information content (AvgIpc) is 2.41. The third kappa shape index (κ3) is 3.16. The van der Waals surface area contributed by atoms with Gasteiger partial charge < -0.3 is 10.4 Å². The van der Waals surface area contributed by atoms with E-state index in [1.54, 1.807) is 24.3 Å². The number of Topliss-reactive ketones (excluding diaryl/α,β-unsaturated/α-hetero) is 1. The van der Waals surface area contributed by atoms with Gasteiger partial charge in [-0.25, -0.2) is 0 Å². The summed E-state index contributed by atoms with van der Waals surface area (Å²) in [5.41, 5.74) is 1.01. The van der Waals surface area contributed by atoms with Crippen LogP contribution in [0.25, 0.3) is 0 Å². The highest BCUT2D eigenvalue weighted by atomic mass is 35.5. The molecule has 0 aliphatic rings. The number of hydrogen-bond donors (Lipinski definition) is 2. The minimum atomic E-state index is -0.391. The highest BCUT2D eigenvalue weighted by Gasteiger charge is 2.11. The molecule has 2 aromatic rings. The third-order valence-corrected chi connectivity index (χ3v) is 3.01. The Kier molecular flexibility index (Phi) is 4.05. The Labute approximate surface area is 121 Å². The normalized spacial score (nSPS) is 10.1. The van der Waals surface area contributed by atoms with Crippen LogP contribution in [0.2, 0.25) is 5.02 Å². The second-order valence-corrected chi connectivity index (χ2v) is 4.69. The summed E-state index contributed by atoms with van der Waals surface area (Å²) in [5.74, 6) is -0.637. The summed E-state index contributed by atoms with van der Waals surface area (Å²) in [7, 11) is 0. The predicted octanol–water partition coefficient (Wildman–Crippen LogP) is 3.50. The molecule has 20 heavy (non-hydrogen) atoms. The molecule has 0 aliphatic carbocycles. The number of nitrogens with one attached hydrogen (secondary N) is 1. The van der Waals surface area contributed by atoms with Crippen LogP contribution < -0.4 is 5.32 Å². The molecular formula is C15H12ClNO3. The van der Waals surface area contributed by atoms with E-state index in [1.165, 1.54) is 25.1 Å². The van der Waals surface area contributed by atoms with Crippen LogP contribution in [0, 0.1) is 0 Å². The summed E-state index contributed by atoms with van der Waals surface area (Å²) in [6.07, 6.45) is 0. The van der Waals surface area contributed by atoms with Gasteiger partial charge in [-0.05, 0) is 49.4 Å². The molecule has 0 spiro atoms. The summed E-state index contributed by atoms with van der Waals surface area (Å²) >= 11 is 5.75. The number of anilines is 1. The van der Waals surface area contributed by atoms with Crippen LogP contribution in [-0.4, -0.2) is 16.8 Å². The number of phenols is 1. The molecule has 4 nitrogen and oxygen atoms in total. The SMILES string of the molecule is CC(=O)c1ccc(O)c(NC(=O)c2ccc(Cl)cc2)c1. The van der Waals surface area contributed by atoms with Crippen LogP contribution in [0.3, 0.4) is 0 Å². The van der Waals surface area contributed by atoms with E-state index < -0.39 is 5.91 Å². The van der Waals surface area contributed by atoms with E-state index in [4.69, 9.17) is 11.6 Å². The first kappa shape index (κ1) is 14.1. The van der Waals surface area contributed by atoms with Crippen LogP contribution in [0.4, 0.5) is 5.69 Å². The van der Waals surface area contributed by atoms with Crippen molar-refractivity contribution in [1.82, 2.24) is 0 Å². The van der Waals surface area contributed by atoms with Gasteiger partial charge in [-0.15, -0.1) is 0 Å². The second-order valence-electron chi connectivity index (χ2n) is 4.25. The highest BCUT2D eigenvalue weighted by molar-refractivity contribution is 6.30. The fourth-order valence-electron chi connectivity index (χ4n) is 1.65. The minimum absolute atomic E-state index is 0.0997. The van der Waals surface area contributed by atoms with Gasteiger partial charge in [-0.1, -0.05) is 11.6 Å². The number of hydrogen-bond acceptors (Lipinski definition) is 3. The minimum Gasteiger partial charge on any atom is -0.506 e. The molecule has 2 aromatic carbocycles. The van der Waals surface area contributed by atoms with Crippen molar-refractivity contribution in [3.8, 4) is 5.75 Å². The van der Waals surface area contributed by atoms with Crippen LogP contribution in [0.5, 0.6) is 5.75 Å². The number of phenolic OH excluding ortho intramolecular Hbond substituents is 1. The smallest absolute Gasteiger partial charge is 0.255 e. The Balaban J connectivity index is 2.25. The van der Waals surface area contributed by atoms with Gasteiger partial charge in [0.1, 0.15) is 5.75 Å². The molecule has 0 aliphatic heterocycles. The lowest BCUT2D eigenvalue weighted by atomic mass is 10.1. The fourth-order valence-corrected chi connectivity index (χ4v) is 1.78. The molecule has 102 valence electrons. The van der Waals surface area contributed by atoms with Crippen molar-refractivity contribution in [3.63, 3.8) is 0 Å². The second kappa shape index (κ2) is 5.75. The number of rotatable bonds is 3. The van der Waals surface area contributed by atoms with E-state index in [0.717, 1.165) is 0 Å². The number of amides is 1. The van der Waals surface area contributed by atoms with Crippen molar-refractivity contribution >= 4 is 29.0 Å². The topological polar surface area (TPSA) is 66.4 Å². The van der Waals surface area contributed by atoms with E-state index in [2.05, 4.69) is 5.32 Å². The standard InChI is InChI=1S/C15H12ClNO3/c1-9(18)11-4-7-14(19)13(8-11)17-15(20)10-2-5-12(16)6-3-10/h2-8,19H,1H3,(H,17,20). The molecule has 0 heterocycles. The largest absolute Gasteiger partial charge is 0.506 e. The van der Waals surface area contributed by atoms with Gasteiger partial charge in [0.05, 0.1) is 5.69 Å². The molecule has 0 aromatic heterocycles. The Hall–Kier alpha value is -2.33. The highest BCUT2D eigenvalue weighted by Crippen LogP contribution is 2.25. The number of halogens is 1. The number of ketones is 1. The van der Waals surface area contributed by atoms with Crippen molar-refractivity contribution in [1.29, 1.82) is 0 Å². The lowest BCUT2D eigenvalue weighted by Gasteiger charge is -2.08. The molecule has 0 fully saturated rings. The third-order valence-electron chi connectivity index (χ3n) is 2.76. The molecule has 2 rings (SSSR count). The van der Waals surface area contributed by atoms with E-state index in [0.29, 0.717) is 16.1 Å². The van der Waals surface area contributed by atoms with Crippen molar-refractivity contribution in [2.75, 3.05) is 5.32 Å². The van der Waals surface area contributed by atoms with Gasteiger partial charge >= 0.3 is 0 Å². The number of carbonyl (C=O) groups excluding carboxylic acids is 2. The van der Waals surface area contributed by atoms with E-state index in [1.807, 2.05) is 0 Å². The number of benzene rings is 2. The first-order valence-corrected chi connectivity index (χ1v) is 6.26. The Morgan fingerprint density at radius 3 is 2.25 bits per heavy atom. The molecule has 0 saturated heterocycles. The zero-order valence-corrected chi connectivity index (χ0v) is 11.4. The Morgan fingerprint density at radius 2 is 1.65 bits per heavy atom. The van der Waals surface area contributed by atoms with Crippen LogP contribution in [0.1, 0.15) is 27.6 Å². The molecule has 0 radical (unpaired) electrons. The Morgan fingerprint density at radius 1 is 1.05 bits per heavy atom. The van der Waals surface area contributed by atoms with Crippen molar-refractivity contribution in [2.24, 2.45) is 0 Å². The predicted molar refractivity (Wildman–Crippen MR) is 77.5 cm³/mol. The lowest BCUT2D eigenvalue weighted by molar-refractivity contribution is 0.101. The quantitative estimate of drug-likeness (QED) is 0.671. The molecule has 0 unspecified atom stereocenters. The van der Waals surface area contributed by atoms with Gasteiger partial charge in [0, 0.05) is 16.1 Å². The van der Waals surface area contributed by atoms with Crippen LogP contribution in [-0.2, 0) is 0 Å². The molecule has 0 atom stereocenters. The van der Waals surface area contributed by atoms with E-state index in [-0.39, 0.29) is 17.2 Å². The molecule has 2 N–H and O–H groups in total. The maximum atomic E-state index is 12.0. The zero-order valence-electron chi connectivity index (χ0n) is 10.7. The molecule has 0 saturated carbocycles. The summed E-state index contributed by atoms with van der Waals surface area (Å²) < 4.78 is 0. The first-order chi connectivity index (χ1) is 9.47. The van der Waals surface area contributed by atoms with Crippen molar-refractivity contribution in [2.45, 2.75) is 6.92 Å². The summed E-state index contributed by atoms with van der Waals surface area (Å²) in [4.78, 5) is 23.3. The van der Waals surface area contributed by atoms with Gasteiger partial charge in [0.15, 0.2) is 5.78 Å². The summed E-state index contributed by atoms with van der Waals surface area (Å²) in [5, 5.41) is 12.8. The summed E-state index contributed by atoms with van der Waals surface area (Å²) in [6, 6.07) is 10.6. The Bertz CT molecular complexity index is 665. The molecule has 5 heteroatoms. The number of aromatic hydroxyl groups is 1. The van der Waals surface area contributed by atoms with Gasteiger partial charge in [0.25, 0.3) is 5.91 Å². The molecule has 1 amide bonds.